The minimum absolute atomic E-state index is 0.194. The number of carbonyl (C=O) groups excluding carboxylic acids is 1. The molecule has 0 saturated carbocycles. The highest BCUT2D eigenvalue weighted by Gasteiger charge is 2.07. The Kier molecular flexibility index (Phi) is 5.04. The molecular weight excluding hydrogens is 316 g/mol. The fourth-order valence-corrected chi connectivity index (χ4v) is 2.72. The molecule has 0 aliphatic rings. The van der Waals surface area contributed by atoms with Crippen molar-refractivity contribution in [3.05, 3.63) is 66.2 Å². The monoisotopic (exact) mass is 336 g/mol. The number of amides is 2. The number of phenols is 1. The van der Waals surface area contributed by atoms with Gasteiger partial charge in [-0.1, -0.05) is 36.4 Å². The van der Waals surface area contributed by atoms with Crippen molar-refractivity contribution in [2.45, 2.75) is 6.42 Å². The minimum Gasteiger partial charge on any atom is -0.507 e. The first-order valence-electron chi connectivity index (χ1n) is 8.06. The summed E-state index contributed by atoms with van der Waals surface area (Å²) in [6.45, 7) is 0.509. The van der Waals surface area contributed by atoms with Gasteiger partial charge in [-0.15, -0.1) is 0 Å². The number of methoxy groups -OCH3 is 1. The second kappa shape index (κ2) is 7.57. The van der Waals surface area contributed by atoms with Crippen molar-refractivity contribution in [3.63, 3.8) is 0 Å². The number of urea groups is 1. The molecule has 0 heterocycles. The van der Waals surface area contributed by atoms with Gasteiger partial charge in [-0.3, -0.25) is 0 Å². The van der Waals surface area contributed by atoms with Gasteiger partial charge in [-0.2, -0.15) is 0 Å². The quantitative estimate of drug-likeness (QED) is 0.661. The van der Waals surface area contributed by atoms with E-state index in [1.807, 2.05) is 42.5 Å². The van der Waals surface area contributed by atoms with Crippen LogP contribution in [0, 0.1) is 0 Å². The maximum Gasteiger partial charge on any atom is 0.319 e. The van der Waals surface area contributed by atoms with E-state index < -0.39 is 0 Å². The Morgan fingerprint density at radius 3 is 2.64 bits per heavy atom. The van der Waals surface area contributed by atoms with Gasteiger partial charge in [0.1, 0.15) is 11.5 Å². The number of hydrogen-bond acceptors (Lipinski definition) is 3. The molecule has 0 unspecified atom stereocenters. The third-order valence-electron chi connectivity index (χ3n) is 3.98. The van der Waals surface area contributed by atoms with Gasteiger partial charge in [0.2, 0.25) is 0 Å². The second-order valence-corrected chi connectivity index (χ2v) is 5.66. The Labute approximate surface area is 146 Å². The highest BCUT2D eigenvalue weighted by atomic mass is 16.5. The number of carbonyl (C=O) groups is 1. The molecule has 3 rings (SSSR count). The Hall–Kier alpha value is -3.21. The molecule has 128 valence electrons. The van der Waals surface area contributed by atoms with Gasteiger partial charge in [-0.05, 0) is 36.2 Å². The Bertz CT molecular complexity index is 893. The van der Waals surface area contributed by atoms with Crippen molar-refractivity contribution in [3.8, 4) is 11.5 Å². The second-order valence-electron chi connectivity index (χ2n) is 5.66. The molecule has 0 fully saturated rings. The van der Waals surface area contributed by atoms with E-state index in [1.54, 1.807) is 25.3 Å². The van der Waals surface area contributed by atoms with E-state index in [1.165, 1.54) is 0 Å². The Balaban J connectivity index is 1.60. The van der Waals surface area contributed by atoms with Crippen LogP contribution in [0.1, 0.15) is 5.56 Å². The molecule has 25 heavy (non-hydrogen) atoms. The van der Waals surface area contributed by atoms with Gasteiger partial charge in [0.25, 0.3) is 0 Å². The zero-order chi connectivity index (χ0) is 17.6. The SMILES string of the molecule is COc1cccc(CCNC(=O)Nc2cccc3c(O)cccc23)c1. The Morgan fingerprint density at radius 1 is 1.04 bits per heavy atom. The topological polar surface area (TPSA) is 70.6 Å². The summed E-state index contributed by atoms with van der Waals surface area (Å²) in [6, 6.07) is 18.1. The molecule has 2 amide bonds. The first-order valence-corrected chi connectivity index (χ1v) is 8.06. The lowest BCUT2D eigenvalue weighted by atomic mass is 10.1. The largest absolute Gasteiger partial charge is 0.507 e. The third kappa shape index (κ3) is 4.01. The maximum absolute atomic E-state index is 12.1. The fourth-order valence-electron chi connectivity index (χ4n) is 2.72. The molecule has 3 aromatic rings. The van der Waals surface area contributed by atoms with E-state index in [-0.39, 0.29) is 11.8 Å². The summed E-state index contributed by atoms with van der Waals surface area (Å²) >= 11 is 0. The molecule has 0 atom stereocenters. The first kappa shape index (κ1) is 16.6. The van der Waals surface area contributed by atoms with Crippen LogP contribution in [0.5, 0.6) is 11.5 Å². The Morgan fingerprint density at radius 2 is 1.80 bits per heavy atom. The van der Waals surface area contributed by atoms with Crippen molar-refractivity contribution in [1.29, 1.82) is 0 Å². The summed E-state index contributed by atoms with van der Waals surface area (Å²) < 4.78 is 5.19. The number of rotatable bonds is 5. The summed E-state index contributed by atoms with van der Waals surface area (Å²) in [5.74, 6) is 0.997. The van der Waals surface area contributed by atoms with E-state index in [9.17, 15) is 9.90 Å². The van der Waals surface area contributed by atoms with Crippen LogP contribution in [-0.4, -0.2) is 24.8 Å². The highest BCUT2D eigenvalue weighted by molar-refractivity contribution is 6.03. The van der Waals surface area contributed by atoms with Crippen molar-refractivity contribution in [1.82, 2.24) is 5.32 Å². The molecule has 0 aliphatic heterocycles. The van der Waals surface area contributed by atoms with Gasteiger partial charge >= 0.3 is 6.03 Å². The van der Waals surface area contributed by atoms with Crippen LogP contribution in [0.4, 0.5) is 10.5 Å². The molecule has 0 spiro atoms. The molecule has 5 nitrogen and oxygen atoms in total. The molecule has 0 saturated heterocycles. The first-order chi connectivity index (χ1) is 12.2. The number of ether oxygens (including phenoxy) is 1. The van der Waals surface area contributed by atoms with Crippen molar-refractivity contribution in [2.75, 3.05) is 19.0 Å². The number of hydrogen-bond donors (Lipinski definition) is 3. The number of anilines is 1. The number of nitrogens with one attached hydrogen (secondary N) is 2. The number of aromatic hydroxyl groups is 1. The highest BCUT2D eigenvalue weighted by Crippen LogP contribution is 2.29. The van der Waals surface area contributed by atoms with E-state index in [4.69, 9.17) is 4.74 Å². The van der Waals surface area contributed by atoms with E-state index >= 15 is 0 Å². The zero-order valence-corrected chi connectivity index (χ0v) is 14.0. The summed E-state index contributed by atoms with van der Waals surface area (Å²) in [4.78, 5) is 12.1. The summed E-state index contributed by atoms with van der Waals surface area (Å²) in [5.41, 5.74) is 1.75. The average Bonchev–Trinajstić information content (AvgIpc) is 2.63. The third-order valence-corrected chi connectivity index (χ3v) is 3.98. The number of benzene rings is 3. The lowest BCUT2D eigenvalue weighted by Crippen LogP contribution is -2.30. The van der Waals surface area contributed by atoms with Gasteiger partial charge in [-0.25, -0.2) is 4.79 Å². The van der Waals surface area contributed by atoms with Gasteiger partial charge in [0.15, 0.2) is 0 Å². The normalized spacial score (nSPS) is 10.4. The van der Waals surface area contributed by atoms with Gasteiger partial charge in [0.05, 0.1) is 12.8 Å². The summed E-state index contributed by atoms with van der Waals surface area (Å²) in [6.07, 6.45) is 0.709. The lowest BCUT2D eigenvalue weighted by molar-refractivity contribution is 0.252. The van der Waals surface area contributed by atoms with Crippen LogP contribution < -0.4 is 15.4 Å². The van der Waals surface area contributed by atoms with Crippen LogP contribution in [0.25, 0.3) is 10.8 Å². The standard InChI is InChI=1S/C20H20N2O3/c1-25-15-6-2-5-14(13-15)11-12-21-20(24)22-18-9-3-8-17-16(18)7-4-10-19(17)23/h2-10,13,23H,11-12H2,1H3,(H2,21,22,24). The van der Waals surface area contributed by atoms with Crippen LogP contribution in [0.2, 0.25) is 0 Å². The molecule has 5 heteroatoms. The molecule has 0 aromatic heterocycles. The molecule has 3 N–H and O–H groups in total. The van der Waals surface area contributed by atoms with E-state index in [2.05, 4.69) is 10.6 Å². The summed E-state index contributed by atoms with van der Waals surface area (Å²) in [5, 5.41) is 17.1. The fraction of sp³-hybridized carbons (Fsp3) is 0.150. The molecule has 0 aliphatic carbocycles. The average molecular weight is 336 g/mol. The lowest BCUT2D eigenvalue weighted by Gasteiger charge is -2.11. The van der Waals surface area contributed by atoms with E-state index in [0.29, 0.717) is 24.0 Å². The molecule has 0 bridgehead atoms. The molecular formula is C20H20N2O3. The van der Waals surface area contributed by atoms with Gasteiger partial charge in [0, 0.05) is 17.3 Å². The summed E-state index contributed by atoms with van der Waals surface area (Å²) in [7, 11) is 1.63. The number of fused-ring (bicyclic) bond motifs is 1. The van der Waals surface area contributed by atoms with Crippen molar-refractivity contribution < 1.29 is 14.6 Å². The van der Waals surface area contributed by atoms with Crippen LogP contribution in [0.15, 0.2) is 60.7 Å². The van der Waals surface area contributed by atoms with E-state index in [0.717, 1.165) is 16.7 Å². The zero-order valence-electron chi connectivity index (χ0n) is 14.0. The van der Waals surface area contributed by atoms with Crippen molar-refractivity contribution in [2.24, 2.45) is 0 Å². The van der Waals surface area contributed by atoms with Crippen LogP contribution in [-0.2, 0) is 6.42 Å². The molecule has 0 radical (unpaired) electrons. The van der Waals surface area contributed by atoms with Crippen LogP contribution in [0.3, 0.4) is 0 Å². The van der Waals surface area contributed by atoms with Crippen molar-refractivity contribution >= 4 is 22.5 Å². The van der Waals surface area contributed by atoms with Gasteiger partial charge < -0.3 is 20.5 Å². The molecule has 3 aromatic carbocycles. The number of phenolic OH excluding ortho intramolecular Hbond substituents is 1. The smallest absolute Gasteiger partial charge is 0.319 e. The predicted molar refractivity (Wildman–Crippen MR) is 99.3 cm³/mol. The maximum atomic E-state index is 12.1. The predicted octanol–water partition coefficient (Wildman–Crippen LogP) is 3.92. The van der Waals surface area contributed by atoms with Crippen LogP contribution >= 0.6 is 0 Å². The minimum atomic E-state index is -0.279.